The molecule has 1 aliphatic rings. The molecule has 23 heavy (non-hydrogen) atoms. The van der Waals surface area contributed by atoms with Crippen LogP contribution in [0.2, 0.25) is 0 Å². The van der Waals surface area contributed by atoms with E-state index in [0.29, 0.717) is 31.3 Å². The number of thiazole rings is 1. The predicted molar refractivity (Wildman–Crippen MR) is 86.5 cm³/mol. The van der Waals surface area contributed by atoms with E-state index in [4.69, 9.17) is 4.52 Å². The van der Waals surface area contributed by atoms with Gasteiger partial charge >= 0.3 is 6.03 Å². The SMILES string of the molecule is Cc1noc(C2CCN(C(=O)NCC(C)c3nccs3)CC2)n1. The number of amides is 2. The second kappa shape index (κ2) is 7.08. The molecule has 2 aromatic heterocycles. The van der Waals surface area contributed by atoms with Crippen LogP contribution in [0.1, 0.15) is 48.3 Å². The van der Waals surface area contributed by atoms with Gasteiger partial charge in [-0.15, -0.1) is 11.3 Å². The van der Waals surface area contributed by atoms with Gasteiger partial charge in [0.1, 0.15) is 0 Å². The minimum absolute atomic E-state index is 0.00596. The Labute approximate surface area is 139 Å². The number of urea groups is 1. The maximum atomic E-state index is 12.3. The van der Waals surface area contributed by atoms with Crippen LogP contribution >= 0.6 is 11.3 Å². The van der Waals surface area contributed by atoms with Gasteiger partial charge in [-0.3, -0.25) is 0 Å². The second-order valence-electron chi connectivity index (χ2n) is 5.90. The van der Waals surface area contributed by atoms with Crippen molar-refractivity contribution >= 4 is 17.4 Å². The van der Waals surface area contributed by atoms with E-state index in [1.165, 1.54) is 0 Å². The highest BCUT2D eigenvalue weighted by Gasteiger charge is 2.27. The van der Waals surface area contributed by atoms with Crippen LogP contribution in [0, 0.1) is 6.92 Å². The molecule has 1 unspecified atom stereocenters. The minimum Gasteiger partial charge on any atom is -0.339 e. The Balaban J connectivity index is 1.45. The molecule has 1 fully saturated rings. The van der Waals surface area contributed by atoms with Crippen molar-refractivity contribution in [2.24, 2.45) is 0 Å². The van der Waals surface area contributed by atoms with Gasteiger partial charge in [0.25, 0.3) is 0 Å². The molecule has 3 heterocycles. The number of likely N-dealkylation sites (tertiary alicyclic amines) is 1. The van der Waals surface area contributed by atoms with Gasteiger partial charge in [0.15, 0.2) is 5.82 Å². The summed E-state index contributed by atoms with van der Waals surface area (Å²) in [6, 6.07) is -0.00596. The highest BCUT2D eigenvalue weighted by Crippen LogP contribution is 2.26. The van der Waals surface area contributed by atoms with Crippen molar-refractivity contribution in [3.05, 3.63) is 28.3 Å². The monoisotopic (exact) mass is 335 g/mol. The Morgan fingerprint density at radius 1 is 1.52 bits per heavy atom. The van der Waals surface area contributed by atoms with Crippen LogP contribution in [-0.4, -0.2) is 45.7 Å². The third-order valence-corrected chi connectivity index (χ3v) is 5.11. The van der Waals surface area contributed by atoms with Crippen LogP contribution in [0.25, 0.3) is 0 Å². The normalized spacial score (nSPS) is 17.2. The molecule has 0 aromatic carbocycles. The average Bonchev–Trinajstić information content (AvgIpc) is 3.24. The molecule has 7 nitrogen and oxygen atoms in total. The fourth-order valence-electron chi connectivity index (χ4n) is 2.73. The number of nitrogens with zero attached hydrogens (tertiary/aromatic N) is 4. The van der Waals surface area contributed by atoms with E-state index in [-0.39, 0.29) is 17.9 Å². The number of aryl methyl sites for hydroxylation is 1. The molecule has 0 bridgehead atoms. The number of carbonyl (C=O) groups excluding carboxylic acids is 1. The lowest BCUT2D eigenvalue weighted by Gasteiger charge is -2.30. The first-order valence-electron chi connectivity index (χ1n) is 7.86. The zero-order chi connectivity index (χ0) is 16.2. The Bertz CT molecular complexity index is 634. The van der Waals surface area contributed by atoms with E-state index in [0.717, 1.165) is 17.8 Å². The molecule has 1 N–H and O–H groups in total. The number of carbonyl (C=O) groups is 1. The van der Waals surface area contributed by atoms with Crippen molar-refractivity contribution in [1.29, 1.82) is 0 Å². The van der Waals surface area contributed by atoms with E-state index in [1.807, 2.05) is 17.2 Å². The number of hydrogen-bond donors (Lipinski definition) is 1. The molecule has 3 rings (SSSR count). The molecule has 1 atom stereocenters. The van der Waals surface area contributed by atoms with Gasteiger partial charge in [-0.1, -0.05) is 12.1 Å². The Kier molecular flexibility index (Phi) is 4.90. The fraction of sp³-hybridized carbons (Fsp3) is 0.600. The summed E-state index contributed by atoms with van der Waals surface area (Å²) in [4.78, 5) is 22.7. The maximum absolute atomic E-state index is 12.3. The Morgan fingerprint density at radius 3 is 2.91 bits per heavy atom. The summed E-state index contributed by atoms with van der Waals surface area (Å²) >= 11 is 1.62. The lowest BCUT2D eigenvalue weighted by molar-refractivity contribution is 0.175. The Hall–Kier alpha value is -1.96. The quantitative estimate of drug-likeness (QED) is 0.928. The van der Waals surface area contributed by atoms with E-state index in [9.17, 15) is 4.79 Å². The van der Waals surface area contributed by atoms with Crippen LogP contribution in [0.4, 0.5) is 4.79 Å². The molecule has 1 aliphatic heterocycles. The van der Waals surface area contributed by atoms with Gasteiger partial charge in [-0.2, -0.15) is 4.98 Å². The fourth-order valence-corrected chi connectivity index (χ4v) is 3.42. The largest absolute Gasteiger partial charge is 0.339 e. The molecular weight excluding hydrogens is 314 g/mol. The summed E-state index contributed by atoms with van der Waals surface area (Å²) in [7, 11) is 0. The van der Waals surface area contributed by atoms with E-state index >= 15 is 0 Å². The van der Waals surface area contributed by atoms with Crippen molar-refractivity contribution in [2.75, 3.05) is 19.6 Å². The molecular formula is C15H21N5O2S. The molecule has 0 aliphatic carbocycles. The first-order valence-corrected chi connectivity index (χ1v) is 8.74. The summed E-state index contributed by atoms with van der Waals surface area (Å²) in [5.41, 5.74) is 0. The smallest absolute Gasteiger partial charge is 0.317 e. The molecule has 124 valence electrons. The second-order valence-corrected chi connectivity index (χ2v) is 6.82. The number of rotatable bonds is 4. The van der Waals surface area contributed by atoms with Crippen LogP contribution in [0.3, 0.4) is 0 Å². The van der Waals surface area contributed by atoms with Crippen molar-refractivity contribution < 1.29 is 9.32 Å². The van der Waals surface area contributed by atoms with Gasteiger partial charge in [-0.05, 0) is 19.8 Å². The highest BCUT2D eigenvalue weighted by molar-refractivity contribution is 7.09. The standard InChI is InChI=1S/C15H21N5O2S/c1-10(14-16-5-8-23-14)9-17-15(21)20-6-3-12(4-7-20)13-18-11(2)19-22-13/h5,8,10,12H,3-4,6-7,9H2,1-2H3,(H,17,21). The number of aromatic nitrogens is 3. The number of nitrogens with one attached hydrogen (secondary N) is 1. The van der Waals surface area contributed by atoms with Crippen LogP contribution in [-0.2, 0) is 0 Å². The predicted octanol–water partition coefficient (Wildman–Crippen LogP) is 2.53. The molecule has 2 aromatic rings. The highest BCUT2D eigenvalue weighted by atomic mass is 32.1. The lowest BCUT2D eigenvalue weighted by Crippen LogP contribution is -2.45. The summed E-state index contributed by atoms with van der Waals surface area (Å²) in [6.45, 7) is 5.92. The summed E-state index contributed by atoms with van der Waals surface area (Å²) < 4.78 is 5.23. The average molecular weight is 335 g/mol. The summed E-state index contributed by atoms with van der Waals surface area (Å²) in [6.07, 6.45) is 3.51. The van der Waals surface area contributed by atoms with Crippen LogP contribution in [0.5, 0.6) is 0 Å². The number of hydrogen-bond acceptors (Lipinski definition) is 6. The van der Waals surface area contributed by atoms with Crippen molar-refractivity contribution in [3.63, 3.8) is 0 Å². The van der Waals surface area contributed by atoms with Gasteiger partial charge in [-0.25, -0.2) is 9.78 Å². The third-order valence-electron chi connectivity index (χ3n) is 4.11. The van der Waals surface area contributed by atoms with E-state index in [2.05, 4.69) is 27.4 Å². The molecule has 0 radical (unpaired) electrons. The van der Waals surface area contributed by atoms with E-state index in [1.54, 1.807) is 17.5 Å². The summed E-state index contributed by atoms with van der Waals surface area (Å²) in [5.74, 6) is 1.85. The topological polar surface area (TPSA) is 84.2 Å². The maximum Gasteiger partial charge on any atom is 0.317 e. The van der Waals surface area contributed by atoms with E-state index < -0.39 is 0 Å². The van der Waals surface area contributed by atoms with Crippen LogP contribution < -0.4 is 5.32 Å². The molecule has 2 amide bonds. The minimum atomic E-state index is -0.00596. The Morgan fingerprint density at radius 2 is 2.30 bits per heavy atom. The van der Waals surface area contributed by atoms with Gasteiger partial charge in [0.2, 0.25) is 5.89 Å². The van der Waals surface area contributed by atoms with Gasteiger partial charge in [0.05, 0.1) is 5.01 Å². The first kappa shape index (κ1) is 15.9. The van der Waals surface area contributed by atoms with Gasteiger partial charge < -0.3 is 14.7 Å². The summed E-state index contributed by atoms with van der Waals surface area (Å²) in [5, 5.41) is 9.84. The van der Waals surface area contributed by atoms with Crippen molar-refractivity contribution in [1.82, 2.24) is 25.3 Å². The molecule has 0 spiro atoms. The zero-order valence-corrected chi connectivity index (χ0v) is 14.2. The molecule has 0 saturated carbocycles. The van der Waals surface area contributed by atoms with Gasteiger partial charge in [0, 0.05) is 43.0 Å². The van der Waals surface area contributed by atoms with Crippen molar-refractivity contribution in [2.45, 2.75) is 38.5 Å². The lowest BCUT2D eigenvalue weighted by atomic mass is 9.97. The molecule has 8 heteroatoms. The first-order chi connectivity index (χ1) is 11.1. The van der Waals surface area contributed by atoms with Crippen LogP contribution in [0.15, 0.2) is 16.1 Å². The zero-order valence-electron chi connectivity index (χ0n) is 13.4. The molecule has 1 saturated heterocycles. The number of piperidine rings is 1. The third kappa shape index (κ3) is 3.87. The van der Waals surface area contributed by atoms with Crippen molar-refractivity contribution in [3.8, 4) is 0 Å².